The SMILES string of the molecule is COc1ccc2cc(C(C)C(=O)OC(C)Cl)ccc2c1. The second kappa shape index (κ2) is 6.14. The summed E-state index contributed by atoms with van der Waals surface area (Å²) in [7, 11) is 1.64. The third-order valence-electron chi connectivity index (χ3n) is 3.20. The fourth-order valence-electron chi connectivity index (χ4n) is 2.04. The number of carbonyl (C=O) groups excluding carboxylic acids is 1. The molecule has 0 bridgehead atoms. The van der Waals surface area contributed by atoms with Crippen LogP contribution in [-0.4, -0.2) is 18.6 Å². The van der Waals surface area contributed by atoms with Crippen LogP contribution in [0.15, 0.2) is 36.4 Å². The number of alkyl halides is 1. The Morgan fingerprint density at radius 2 is 1.75 bits per heavy atom. The van der Waals surface area contributed by atoms with E-state index in [9.17, 15) is 4.79 Å². The molecule has 0 aromatic heterocycles. The maximum absolute atomic E-state index is 11.9. The van der Waals surface area contributed by atoms with Crippen LogP contribution in [-0.2, 0) is 9.53 Å². The number of methoxy groups -OCH3 is 1. The van der Waals surface area contributed by atoms with E-state index >= 15 is 0 Å². The Hall–Kier alpha value is -1.74. The van der Waals surface area contributed by atoms with E-state index in [2.05, 4.69) is 0 Å². The Kier molecular flexibility index (Phi) is 4.50. The van der Waals surface area contributed by atoms with Gasteiger partial charge in [0.05, 0.1) is 13.0 Å². The molecule has 2 atom stereocenters. The molecule has 106 valence electrons. The third kappa shape index (κ3) is 3.23. The van der Waals surface area contributed by atoms with Gasteiger partial charge in [0.15, 0.2) is 5.56 Å². The molecule has 3 nitrogen and oxygen atoms in total. The van der Waals surface area contributed by atoms with Crippen molar-refractivity contribution < 1.29 is 14.3 Å². The molecule has 0 amide bonds. The van der Waals surface area contributed by atoms with Crippen molar-refractivity contribution in [3.63, 3.8) is 0 Å². The number of hydrogen-bond acceptors (Lipinski definition) is 3. The molecule has 2 aromatic carbocycles. The smallest absolute Gasteiger partial charge is 0.314 e. The molecular formula is C16H17ClO3. The normalized spacial score (nSPS) is 13.8. The Morgan fingerprint density at radius 3 is 2.40 bits per heavy atom. The summed E-state index contributed by atoms with van der Waals surface area (Å²) in [6.45, 7) is 3.44. The van der Waals surface area contributed by atoms with Crippen LogP contribution in [0.2, 0.25) is 0 Å². The Balaban J connectivity index is 2.29. The van der Waals surface area contributed by atoms with E-state index in [4.69, 9.17) is 21.1 Å². The van der Waals surface area contributed by atoms with Crippen molar-refractivity contribution in [3.8, 4) is 5.75 Å². The number of rotatable bonds is 4. The predicted octanol–water partition coefficient (Wildman–Crippen LogP) is 4.08. The van der Waals surface area contributed by atoms with Gasteiger partial charge in [0, 0.05) is 0 Å². The highest BCUT2D eigenvalue weighted by Crippen LogP contribution is 2.26. The third-order valence-corrected chi connectivity index (χ3v) is 3.29. The first kappa shape index (κ1) is 14.7. The predicted molar refractivity (Wildman–Crippen MR) is 80.3 cm³/mol. The summed E-state index contributed by atoms with van der Waals surface area (Å²) in [5.74, 6) is 0.150. The van der Waals surface area contributed by atoms with Gasteiger partial charge in [0.2, 0.25) is 0 Å². The van der Waals surface area contributed by atoms with Gasteiger partial charge in [-0.15, -0.1) is 0 Å². The van der Waals surface area contributed by atoms with Crippen LogP contribution in [0.3, 0.4) is 0 Å². The van der Waals surface area contributed by atoms with E-state index in [0.29, 0.717) is 0 Å². The van der Waals surface area contributed by atoms with E-state index in [-0.39, 0.29) is 11.9 Å². The minimum absolute atomic E-state index is 0.319. The van der Waals surface area contributed by atoms with Crippen LogP contribution >= 0.6 is 11.6 Å². The zero-order chi connectivity index (χ0) is 14.7. The van der Waals surface area contributed by atoms with Crippen LogP contribution in [0.25, 0.3) is 10.8 Å². The lowest BCUT2D eigenvalue weighted by atomic mass is 9.98. The largest absolute Gasteiger partial charge is 0.497 e. The highest BCUT2D eigenvalue weighted by molar-refractivity contribution is 6.20. The second-order valence-electron chi connectivity index (χ2n) is 4.67. The summed E-state index contributed by atoms with van der Waals surface area (Å²) in [4.78, 5) is 11.9. The lowest BCUT2D eigenvalue weighted by Gasteiger charge is -2.14. The topological polar surface area (TPSA) is 35.5 Å². The van der Waals surface area contributed by atoms with Gasteiger partial charge < -0.3 is 9.47 Å². The Labute approximate surface area is 123 Å². The molecule has 2 aromatic rings. The Morgan fingerprint density at radius 1 is 1.10 bits per heavy atom. The molecule has 0 saturated heterocycles. The molecular weight excluding hydrogens is 276 g/mol. The van der Waals surface area contributed by atoms with Crippen LogP contribution < -0.4 is 4.74 Å². The molecule has 0 aliphatic rings. The van der Waals surface area contributed by atoms with E-state index < -0.39 is 5.56 Å². The van der Waals surface area contributed by atoms with Gasteiger partial charge in [-0.05, 0) is 42.3 Å². The number of hydrogen-bond donors (Lipinski definition) is 0. The maximum atomic E-state index is 11.9. The fraction of sp³-hybridized carbons (Fsp3) is 0.312. The number of ether oxygens (including phenoxy) is 2. The van der Waals surface area contributed by atoms with Gasteiger partial charge in [0.1, 0.15) is 5.75 Å². The highest BCUT2D eigenvalue weighted by atomic mass is 35.5. The van der Waals surface area contributed by atoms with E-state index in [1.807, 2.05) is 43.3 Å². The van der Waals surface area contributed by atoms with Crippen molar-refractivity contribution in [1.82, 2.24) is 0 Å². The summed E-state index contributed by atoms with van der Waals surface area (Å²) in [5.41, 5.74) is 0.291. The summed E-state index contributed by atoms with van der Waals surface area (Å²) < 4.78 is 10.2. The molecule has 20 heavy (non-hydrogen) atoms. The molecule has 0 heterocycles. The molecule has 2 unspecified atom stereocenters. The summed E-state index contributed by atoms with van der Waals surface area (Å²) >= 11 is 5.68. The van der Waals surface area contributed by atoms with Gasteiger partial charge >= 0.3 is 5.97 Å². The van der Waals surface area contributed by atoms with Crippen LogP contribution in [0.4, 0.5) is 0 Å². The number of esters is 1. The van der Waals surface area contributed by atoms with Gasteiger partial charge in [0.25, 0.3) is 0 Å². The molecule has 2 rings (SSSR count). The van der Waals surface area contributed by atoms with Crippen LogP contribution in [0.5, 0.6) is 5.75 Å². The standard InChI is InChI=1S/C16H17ClO3/c1-10(16(18)20-11(2)17)12-4-5-14-9-15(19-3)7-6-13(14)8-12/h4-11H,1-3H3. The summed E-state index contributed by atoms with van der Waals surface area (Å²) in [6.07, 6.45) is 0. The molecule has 0 fully saturated rings. The van der Waals surface area contributed by atoms with Crippen LogP contribution in [0, 0.1) is 0 Å². The first-order chi connectivity index (χ1) is 9.51. The van der Waals surface area contributed by atoms with E-state index in [1.54, 1.807) is 14.0 Å². The highest BCUT2D eigenvalue weighted by Gasteiger charge is 2.18. The fourth-order valence-corrected chi connectivity index (χ4v) is 2.12. The molecule has 4 heteroatoms. The molecule has 0 saturated carbocycles. The van der Waals surface area contributed by atoms with E-state index in [1.165, 1.54) is 0 Å². The zero-order valence-corrected chi connectivity index (χ0v) is 12.5. The monoisotopic (exact) mass is 292 g/mol. The van der Waals surface area contributed by atoms with Crippen molar-refractivity contribution in [2.45, 2.75) is 25.3 Å². The van der Waals surface area contributed by atoms with Crippen molar-refractivity contribution in [2.75, 3.05) is 7.11 Å². The first-order valence-electron chi connectivity index (χ1n) is 6.43. The van der Waals surface area contributed by atoms with E-state index in [0.717, 1.165) is 22.1 Å². The minimum Gasteiger partial charge on any atom is -0.497 e. The second-order valence-corrected chi connectivity index (χ2v) is 5.29. The van der Waals surface area contributed by atoms with Gasteiger partial charge in [-0.3, -0.25) is 4.79 Å². The lowest BCUT2D eigenvalue weighted by molar-refractivity contribution is -0.146. The van der Waals surface area contributed by atoms with Gasteiger partial charge in [-0.25, -0.2) is 0 Å². The van der Waals surface area contributed by atoms with Crippen molar-refractivity contribution >= 4 is 28.3 Å². The van der Waals surface area contributed by atoms with Crippen LogP contribution in [0.1, 0.15) is 25.3 Å². The molecule has 0 radical (unpaired) electrons. The maximum Gasteiger partial charge on any atom is 0.314 e. The average molecular weight is 293 g/mol. The first-order valence-corrected chi connectivity index (χ1v) is 6.87. The van der Waals surface area contributed by atoms with Gasteiger partial charge in [-0.2, -0.15) is 0 Å². The van der Waals surface area contributed by atoms with Gasteiger partial charge in [-0.1, -0.05) is 35.9 Å². The quantitative estimate of drug-likeness (QED) is 0.629. The van der Waals surface area contributed by atoms with Crippen molar-refractivity contribution in [1.29, 1.82) is 0 Å². The average Bonchev–Trinajstić information content (AvgIpc) is 2.44. The number of benzene rings is 2. The zero-order valence-electron chi connectivity index (χ0n) is 11.7. The Bertz CT molecular complexity index is 622. The number of fused-ring (bicyclic) bond motifs is 1. The summed E-state index contributed by atoms with van der Waals surface area (Å²) in [6, 6.07) is 11.7. The summed E-state index contributed by atoms with van der Waals surface area (Å²) in [5, 5.41) is 2.13. The minimum atomic E-state index is -0.616. The molecule has 0 spiro atoms. The lowest BCUT2D eigenvalue weighted by Crippen LogP contribution is -2.16. The number of carbonyl (C=O) groups is 1. The van der Waals surface area contributed by atoms with Crippen molar-refractivity contribution in [3.05, 3.63) is 42.0 Å². The van der Waals surface area contributed by atoms with Crippen molar-refractivity contribution in [2.24, 2.45) is 0 Å². The molecule has 0 N–H and O–H groups in total. The number of halogens is 1. The molecule has 0 aliphatic carbocycles. The molecule has 0 aliphatic heterocycles.